The highest BCUT2D eigenvalue weighted by atomic mass is 79.9. The van der Waals surface area contributed by atoms with Crippen LogP contribution >= 0.6 is 31.9 Å². The molecule has 2 nitrogen and oxygen atoms in total. The van der Waals surface area contributed by atoms with Crippen LogP contribution in [0.1, 0.15) is 37.8 Å². The molecule has 1 fully saturated rings. The Labute approximate surface area is 154 Å². The maximum absolute atomic E-state index is 13.3. The Balaban J connectivity index is 2.25. The van der Waals surface area contributed by atoms with Crippen LogP contribution in [0.2, 0.25) is 0 Å². The van der Waals surface area contributed by atoms with Gasteiger partial charge in [0.2, 0.25) is 0 Å². The monoisotopic (exact) mass is 456 g/mol. The van der Waals surface area contributed by atoms with E-state index in [1.54, 1.807) is 0 Å². The summed E-state index contributed by atoms with van der Waals surface area (Å²) in [4.78, 5) is 0. The van der Waals surface area contributed by atoms with Crippen molar-refractivity contribution in [1.82, 2.24) is 0 Å². The summed E-state index contributed by atoms with van der Waals surface area (Å²) in [6.07, 6.45) is 1.14. The molecule has 1 heterocycles. The first kappa shape index (κ1) is 17.2. The van der Waals surface area contributed by atoms with Gasteiger partial charge in [-0.15, -0.1) is 0 Å². The second-order valence-corrected chi connectivity index (χ2v) is 10.1. The lowest BCUT2D eigenvalue weighted by atomic mass is 9.78. The zero-order chi connectivity index (χ0) is 16.9. The molecule has 0 spiro atoms. The molecule has 0 unspecified atom stereocenters. The predicted molar refractivity (Wildman–Crippen MR) is 101 cm³/mol. The van der Waals surface area contributed by atoms with Crippen molar-refractivity contribution in [3.05, 3.63) is 68.6 Å². The van der Waals surface area contributed by atoms with Crippen molar-refractivity contribution in [1.29, 1.82) is 0 Å². The number of rotatable bonds is 4. The minimum Gasteiger partial charge on any atom is -0.227 e. The summed E-state index contributed by atoms with van der Waals surface area (Å²) in [5.74, 6) is 0. The molecule has 0 aromatic heterocycles. The van der Waals surface area contributed by atoms with Crippen LogP contribution < -0.4 is 0 Å². The van der Waals surface area contributed by atoms with E-state index in [1.807, 2.05) is 62.4 Å². The highest BCUT2D eigenvalue weighted by Crippen LogP contribution is 2.72. The van der Waals surface area contributed by atoms with E-state index in [2.05, 4.69) is 31.9 Å². The number of halogens is 2. The third-order valence-corrected chi connectivity index (χ3v) is 9.58. The zero-order valence-corrected chi connectivity index (χ0v) is 17.0. The molecule has 23 heavy (non-hydrogen) atoms. The second kappa shape index (κ2) is 5.71. The van der Waals surface area contributed by atoms with Crippen molar-refractivity contribution in [3.8, 4) is 0 Å². The molecule has 1 aliphatic heterocycles. The molecule has 122 valence electrons. The Bertz CT molecular complexity index is 763. The molecule has 2 aromatic rings. The van der Waals surface area contributed by atoms with Gasteiger partial charge in [0.05, 0.1) is 0 Å². The van der Waals surface area contributed by atoms with Crippen molar-refractivity contribution in [3.63, 3.8) is 0 Å². The van der Waals surface area contributed by atoms with Crippen LogP contribution in [0.5, 0.6) is 0 Å². The highest BCUT2D eigenvalue weighted by molar-refractivity contribution is 9.10. The van der Waals surface area contributed by atoms with Gasteiger partial charge in [0.25, 0.3) is 0 Å². The molecule has 0 N–H and O–H groups in total. The normalized spacial score (nSPS) is 28.5. The van der Waals surface area contributed by atoms with Gasteiger partial charge in [-0.1, -0.05) is 70.0 Å². The van der Waals surface area contributed by atoms with Gasteiger partial charge in [-0.25, -0.2) is 8.42 Å². The number of hydrogen-bond donors (Lipinski definition) is 0. The molecule has 1 saturated heterocycles. The average molecular weight is 458 g/mol. The van der Waals surface area contributed by atoms with Crippen molar-refractivity contribution in [2.24, 2.45) is 0 Å². The lowest BCUT2D eigenvalue weighted by Crippen LogP contribution is -2.21. The van der Waals surface area contributed by atoms with E-state index in [1.165, 1.54) is 0 Å². The predicted octanol–water partition coefficient (Wildman–Crippen LogP) is 5.55. The molecule has 0 aliphatic carbocycles. The number of benzene rings is 2. The Kier molecular flexibility index (Phi) is 4.27. The van der Waals surface area contributed by atoms with Crippen LogP contribution in [0.25, 0.3) is 0 Å². The van der Waals surface area contributed by atoms with Gasteiger partial charge >= 0.3 is 0 Å². The van der Waals surface area contributed by atoms with Crippen LogP contribution in [0.15, 0.2) is 57.5 Å². The highest BCUT2D eigenvalue weighted by Gasteiger charge is 2.82. The summed E-state index contributed by atoms with van der Waals surface area (Å²) in [6.45, 7) is 3.94. The smallest absolute Gasteiger partial charge is 0.173 e. The van der Waals surface area contributed by atoms with Gasteiger partial charge in [-0.05, 0) is 48.2 Å². The van der Waals surface area contributed by atoms with Crippen LogP contribution in [0, 0.1) is 0 Å². The molecular formula is C18H18Br2O2S. The van der Waals surface area contributed by atoms with Gasteiger partial charge < -0.3 is 0 Å². The largest absolute Gasteiger partial charge is 0.227 e. The van der Waals surface area contributed by atoms with Gasteiger partial charge in [-0.2, -0.15) is 0 Å². The number of hydrogen-bond acceptors (Lipinski definition) is 2. The van der Waals surface area contributed by atoms with E-state index in [0.717, 1.165) is 20.1 Å². The van der Waals surface area contributed by atoms with E-state index in [9.17, 15) is 8.42 Å². The van der Waals surface area contributed by atoms with Crippen molar-refractivity contribution >= 4 is 41.7 Å². The molecule has 3 rings (SSSR count). The summed E-state index contributed by atoms with van der Waals surface area (Å²) in [5.41, 5.74) is 1.76. The fourth-order valence-corrected chi connectivity index (χ4v) is 8.01. The Hall–Kier alpha value is -0.650. The SMILES string of the molecule is CC[C@]1(c2ccc(Br)cc2)[C@](CC)(c2ccc(Br)cc2)S1(=O)=O. The van der Waals surface area contributed by atoms with E-state index >= 15 is 0 Å². The van der Waals surface area contributed by atoms with Crippen molar-refractivity contribution in [2.75, 3.05) is 0 Å². The summed E-state index contributed by atoms with van der Waals surface area (Å²) in [5, 5.41) is 0. The third kappa shape index (κ3) is 2.06. The van der Waals surface area contributed by atoms with Gasteiger partial charge in [0, 0.05) is 8.95 Å². The second-order valence-electron chi connectivity index (χ2n) is 5.88. The van der Waals surface area contributed by atoms with Crippen molar-refractivity contribution in [2.45, 2.75) is 36.2 Å². The zero-order valence-electron chi connectivity index (χ0n) is 13.0. The standard InChI is InChI=1S/C18H18Br2O2S/c1-3-17(13-5-9-15(19)10-6-13)18(4-2,23(17,21)22)14-7-11-16(20)12-8-14/h5-12H,3-4H2,1-2H3/t17-,18-/m0/s1. The maximum Gasteiger partial charge on any atom is 0.173 e. The lowest BCUT2D eigenvalue weighted by Gasteiger charge is -2.20. The van der Waals surface area contributed by atoms with Gasteiger partial charge in [-0.3, -0.25) is 0 Å². The molecule has 0 amide bonds. The molecule has 0 radical (unpaired) electrons. The molecule has 0 saturated carbocycles. The molecule has 0 bridgehead atoms. The molecule has 1 aliphatic rings. The molecule has 5 heteroatoms. The first-order valence-corrected chi connectivity index (χ1v) is 10.7. The van der Waals surface area contributed by atoms with Crippen LogP contribution in [0.3, 0.4) is 0 Å². The van der Waals surface area contributed by atoms with Gasteiger partial charge in [0.15, 0.2) is 9.84 Å². The topological polar surface area (TPSA) is 34.1 Å². The minimum atomic E-state index is -3.28. The van der Waals surface area contributed by atoms with E-state index in [0.29, 0.717) is 12.8 Å². The van der Waals surface area contributed by atoms with Crippen LogP contribution in [-0.2, 0) is 19.3 Å². The summed E-state index contributed by atoms with van der Waals surface area (Å²) >= 11 is 6.85. The quantitative estimate of drug-likeness (QED) is 0.564. The van der Waals surface area contributed by atoms with E-state index in [-0.39, 0.29) is 0 Å². The van der Waals surface area contributed by atoms with Crippen LogP contribution in [0.4, 0.5) is 0 Å². The fraction of sp³-hybridized carbons (Fsp3) is 0.333. The molecule has 2 aromatic carbocycles. The van der Waals surface area contributed by atoms with Gasteiger partial charge in [0.1, 0.15) is 9.49 Å². The van der Waals surface area contributed by atoms with E-state index in [4.69, 9.17) is 0 Å². The average Bonchev–Trinajstić information content (AvgIpc) is 2.99. The first-order valence-electron chi connectivity index (χ1n) is 7.63. The Morgan fingerprint density at radius 2 is 1.04 bits per heavy atom. The summed E-state index contributed by atoms with van der Waals surface area (Å²) < 4.78 is 26.8. The maximum atomic E-state index is 13.3. The van der Waals surface area contributed by atoms with E-state index < -0.39 is 19.3 Å². The lowest BCUT2D eigenvalue weighted by molar-refractivity contribution is 0.506. The summed E-state index contributed by atoms with van der Waals surface area (Å²) in [6, 6.07) is 15.4. The summed E-state index contributed by atoms with van der Waals surface area (Å²) in [7, 11) is -3.28. The molecular weight excluding hydrogens is 440 g/mol. The Morgan fingerprint density at radius 3 is 1.30 bits per heavy atom. The molecule has 2 atom stereocenters. The fourth-order valence-electron chi connectivity index (χ4n) is 4.08. The van der Waals surface area contributed by atoms with Crippen molar-refractivity contribution < 1.29 is 8.42 Å². The Morgan fingerprint density at radius 1 is 0.739 bits per heavy atom. The van der Waals surface area contributed by atoms with Crippen LogP contribution in [-0.4, -0.2) is 8.42 Å². The third-order valence-electron chi connectivity index (χ3n) is 5.15. The number of sulfone groups is 1. The minimum absolute atomic E-state index is 0.570. The first-order chi connectivity index (χ1) is 10.9.